The lowest BCUT2D eigenvalue weighted by Gasteiger charge is -2.11. The highest BCUT2D eigenvalue weighted by atomic mass is 19.4. The van der Waals surface area contributed by atoms with Crippen molar-refractivity contribution in [2.45, 2.75) is 6.36 Å². The van der Waals surface area contributed by atoms with E-state index in [1.165, 1.54) is 30.3 Å². The standard InChI is InChI=1S/C13H9F4NO/c14-9-3-1-8(2-4-9)11-6-5-10(7-12(11)18)19-13(15,16)17/h1-7H,18H2. The van der Waals surface area contributed by atoms with Crippen molar-refractivity contribution in [2.75, 3.05) is 5.73 Å². The first-order valence-corrected chi connectivity index (χ1v) is 5.26. The molecule has 0 atom stereocenters. The quantitative estimate of drug-likeness (QED) is 0.662. The van der Waals surface area contributed by atoms with E-state index in [1.807, 2.05) is 0 Å². The van der Waals surface area contributed by atoms with Crippen LogP contribution in [0.2, 0.25) is 0 Å². The number of hydrogen-bond acceptors (Lipinski definition) is 2. The van der Waals surface area contributed by atoms with Crippen LogP contribution in [0.3, 0.4) is 0 Å². The molecule has 0 saturated carbocycles. The van der Waals surface area contributed by atoms with Crippen molar-refractivity contribution in [3.63, 3.8) is 0 Å². The van der Waals surface area contributed by atoms with Gasteiger partial charge in [0.15, 0.2) is 0 Å². The van der Waals surface area contributed by atoms with Crippen LogP contribution in [0.4, 0.5) is 23.2 Å². The molecule has 100 valence electrons. The Morgan fingerprint density at radius 3 is 2.11 bits per heavy atom. The summed E-state index contributed by atoms with van der Waals surface area (Å²) in [6, 6.07) is 9.10. The Hall–Kier alpha value is -2.24. The molecule has 0 amide bonds. The second-order valence-electron chi connectivity index (χ2n) is 3.80. The lowest BCUT2D eigenvalue weighted by Crippen LogP contribution is -2.17. The van der Waals surface area contributed by atoms with E-state index in [2.05, 4.69) is 4.74 Å². The molecule has 2 N–H and O–H groups in total. The minimum Gasteiger partial charge on any atom is -0.406 e. The number of nitrogen functional groups attached to an aromatic ring is 1. The zero-order valence-electron chi connectivity index (χ0n) is 9.54. The Kier molecular flexibility index (Phi) is 3.33. The maximum absolute atomic E-state index is 12.8. The van der Waals surface area contributed by atoms with Gasteiger partial charge in [0.05, 0.1) is 0 Å². The van der Waals surface area contributed by atoms with Crippen LogP contribution in [0.15, 0.2) is 42.5 Å². The summed E-state index contributed by atoms with van der Waals surface area (Å²) in [5.41, 5.74) is 6.91. The minimum atomic E-state index is -4.76. The fourth-order valence-electron chi connectivity index (χ4n) is 1.63. The first-order chi connectivity index (χ1) is 8.85. The van der Waals surface area contributed by atoms with Crippen LogP contribution < -0.4 is 10.5 Å². The number of rotatable bonds is 2. The molecule has 0 aromatic heterocycles. The van der Waals surface area contributed by atoms with Crippen molar-refractivity contribution in [1.29, 1.82) is 0 Å². The lowest BCUT2D eigenvalue weighted by molar-refractivity contribution is -0.274. The van der Waals surface area contributed by atoms with Crippen LogP contribution in [-0.2, 0) is 0 Å². The van der Waals surface area contributed by atoms with Crippen LogP contribution >= 0.6 is 0 Å². The van der Waals surface area contributed by atoms with Crippen LogP contribution in [0.25, 0.3) is 11.1 Å². The van der Waals surface area contributed by atoms with Gasteiger partial charge >= 0.3 is 6.36 Å². The Bertz CT molecular complexity index is 578. The topological polar surface area (TPSA) is 35.2 Å². The maximum Gasteiger partial charge on any atom is 0.573 e. The minimum absolute atomic E-state index is 0.119. The first kappa shape index (κ1) is 13.2. The molecule has 0 aliphatic rings. The van der Waals surface area contributed by atoms with E-state index < -0.39 is 17.9 Å². The molecule has 0 unspecified atom stereocenters. The Morgan fingerprint density at radius 2 is 1.58 bits per heavy atom. The van der Waals surface area contributed by atoms with Crippen molar-refractivity contribution in [3.05, 3.63) is 48.3 Å². The zero-order valence-corrected chi connectivity index (χ0v) is 9.54. The Labute approximate surface area is 106 Å². The van der Waals surface area contributed by atoms with E-state index in [4.69, 9.17) is 5.73 Å². The van der Waals surface area contributed by atoms with Crippen LogP contribution in [0, 0.1) is 5.82 Å². The first-order valence-electron chi connectivity index (χ1n) is 5.26. The van der Waals surface area contributed by atoms with Gasteiger partial charge in [-0.05, 0) is 29.8 Å². The van der Waals surface area contributed by atoms with Crippen LogP contribution in [0.5, 0.6) is 5.75 Å². The van der Waals surface area contributed by atoms with Gasteiger partial charge in [0.25, 0.3) is 0 Å². The zero-order chi connectivity index (χ0) is 14.0. The predicted molar refractivity (Wildman–Crippen MR) is 62.9 cm³/mol. The van der Waals surface area contributed by atoms with E-state index in [1.54, 1.807) is 0 Å². The fraction of sp³-hybridized carbons (Fsp3) is 0.0769. The average molecular weight is 271 g/mol. The lowest BCUT2D eigenvalue weighted by atomic mass is 10.0. The highest BCUT2D eigenvalue weighted by Gasteiger charge is 2.31. The summed E-state index contributed by atoms with van der Waals surface area (Å²) < 4.78 is 52.6. The van der Waals surface area contributed by atoms with Crippen molar-refractivity contribution in [1.82, 2.24) is 0 Å². The summed E-state index contributed by atoms with van der Waals surface area (Å²) in [7, 11) is 0. The van der Waals surface area contributed by atoms with E-state index in [0.717, 1.165) is 12.1 Å². The molecule has 0 bridgehead atoms. The third kappa shape index (κ3) is 3.37. The number of benzene rings is 2. The van der Waals surface area contributed by atoms with E-state index in [0.29, 0.717) is 11.1 Å². The molecular formula is C13H9F4NO. The average Bonchev–Trinajstić information content (AvgIpc) is 2.29. The summed E-state index contributed by atoms with van der Waals surface area (Å²) in [4.78, 5) is 0. The van der Waals surface area contributed by atoms with Gasteiger partial charge in [-0.15, -0.1) is 13.2 Å². The molecule has 0 fully saturated rings. The van der Waals surface area contributed by atoms with Gasteiger partial charge in [-0.25, -0.2) is 4.39 Å². The third-order valence-corrected chi connectivity index (χ3v) is 2.41. The molecule has 0 aliphatic carbocycles. The number of halogens is 4. The van der Waals surface area contributed by atoms with Crippen LogP contribution in [-0.4, -0.2) is 6.36 Å². The highest BCUT2D eigenvalue weighted by Crippen LogP contribution is 2.31. The van der Waals surface area contributed by atoms with Gasteiger partial charge in [-0.3, -0.25) is 0 Å². The van der Waals surface area contributed by atoms with Crippen molar-refractivity contribution in [2.24, 2.45) is 0 Å². The predicted octanol–water partition coefficient (Wildman–Crippen LogP) is 3.97. The molecule has 2 aromatic rings. The van der Waals surface area contributed by atoms with E-state index in [-0.39, 0.29) is 5.69 Å². The van der Waals surface area contributed by atoms with Gasteiger partial charge in [0.2, 0.25) is 0 Å². The van der Waals surface area contributed by atoms with Gasteiger partial charge in [-0.1, -0.05) is 12.1 Å². The van der Waals surface area contributed by atoms with E-state index in [9.17, 15) is 17.6 Å². The normalized spacial score (nSPS) is 11.4. The summed E-state index contributed by atoms with van der Waals surface area (Å²) in [5, 5.41) is 0. The molecule has 2 rings (SSSR count). The number of hydrogen-bond donors (Lipinski definition) is 1. The molecule has 0 heterocycles. The van der Waals surface area contributed by atoms with Crippen molar-refractivity contribution in [3.8, 4) is 16.9 Å². The molecule has 0 saturated heterocycles. The Balaban J connectivity index is 2.31. The second-order valence-corrected chi connectivity index (χ2v) is 3.80. The number of ether oxygens (including phenoxy) is 1. The summed E-state index contributed by atoms with van der Waals surface area (Å²) >= 11 is 0. The number of nitrogens with two attached hydrogens (primary N) is 1. The number of anilines is 1. The summed E-state index contributed by atoms with van der Waals surface area (Å²) in [6.07, 6.45) is -4.76. The SMILES string of the molecule is Nc1cc(OC(F)(F)F)ccc1-c1ccc(F)cc1. The molecule has 2 nitrogen and oxygen atoms in total. The molecular weight excluding hydrogens is 262 g/mol. The highest BCUT2D eigenvalue weighted by molar-refractivity contribution is 5.77. The van der Waals surface area contributed by atoms with Crippen molar-refractivity contribution < 1.29 is 22.3 Å². The molecule has 0 spiro atoms. The second kappa shape index (κ2) is 4.79. The Morgan fingerprint density at radius 1 is 0.947 bits per heavy atom. The van der Waals surface area contributed by atoms with Gasteiger partial charge in [0.1, 0.15) is 11.6 Å². The maximum atomic E-state index is 12.8. The largest absolute Gasteiger partial charge is 0.573 e. The molecule has 0 radical (unpaired) electrons. The van der Waals surface area contributed by atoms with Crippen molar-refractivity contribution >= 4 is 5.69 Å². The fourth-order valence-corrected chi connectivity index (χ4v) is 1.63. The van der Waals surface area contributed by atoms with E-state index >= 15 is 0 Å². The van der Waals surface area contributed by atoms with Gasteiger partial charge in [0, 0.05) is 17.3 Å². The molecule has 2 aromatic carbocycles. The summed E-state index contributed by atoms with van der Waals surface area (Å²) in [5.74, 6) is -0.796. The summed E-state index contributed by atoms with van der Waals surface area (Å²) in [6.45, 7) is 0. The van der Waals surface area contributed by atoms with Gasteiger partial charge < -0.3 is 10.5 Å². The molecule has 19 heavy (non-hydrogen) atoms. The number of alkyl halides is 3. The molecule has 0 aliphatic heterocycles. The third-order valence-electron chi connectivity index (χ3n) is 2.41. The monoisotopic (exact) mass is 271 g/mol. The molecule has 6 heteroatoms. The van der Waals surface area contributed by atoms with Crippen LogP contribution in [0.1, 0.15) is 0 Å². The smallest absolute Gasteiger partial charge is 0.406 e. The van der Waals surface area contributed by atoms with Gasteiger partial charge in [-0.2, -0.15) is 0 Å².